The van der Waals surface area contributed by atoms with Crippen molar-refractivity contribution in [2.75, 3.05) is 0 Å². The van der Waals surface area contributed by atoms with Gasteiger partial charge in [0.05, 0.1) is 0 Å². The van der Waals surface area contributed by atoms with Gasteiger partial charge in [0.15, 0.2) is 5.38 Å². The van der Waals surface area contributed by atoms with E-state index in [0.29, 0.717) is 0 Å². The molecule has 2 aliphatic rings. The molecule has 0 spiro atoms. The third kappa shape index (κ3) is 1.08. The van der Waals surface area contributed by atoms with Crippen LogP contribution in [0.4, 0.5) is 4.79 Å². The van der Waals surface area contributed by atoms with Crippen LogP contribution in [0.1, 0.15) is 0 Å². The highest BCUT2D eigenvalue weighted by Gasteiger charge is 2.10. The number of carbonyl (C=O) groups excluding carboxylic acids is 1. The quantitative estimate of drug-likeness (QED) is 0.624. The van der Waals surface area contributed by atoms with E-state index in [9.17, 15) is 9.90 Å². The summed E-state index contributed by atoms with van der Waals surface area (Å²) in [4.78, 5) is 10.5. The monoisotopic (exact) mass is 178 g/mol. The summed E-state index contributed by atoms with van der Waals surface area (Å²) in [6.07, 6.45) is 0. The highest BCUT2D eigenvalue weighted by molar-refractivity contribution is 7.47. The van der Waals surface area contributed by atoms with Crippen molar-refractivity contribution in [3.05, 3.63) is 35.0 Å². The molecule has 0 bridgehead atoms. The second kappa shape index (κ2) is 2.60. The molecule has 2 nitrogen and oxygen atoms in total. The first-order valence-electron chi connectivity index (χ1n) is 3.49. The third-order valence-electron chi connectivity index (χ3n) is 1.73. The summed E-state index contributed by atoms with van der Waals surface area (Å²) in [5, 5.41) is 12.9. The van der Waals surface area contributed by atoms with E-state index in [0.717, 1.165) is 11.1 Å². The van der Waals surface area contributed by atoms with Gasteiger partial charge in [-0.15, -0.1) is 0 Å². The zero-order valence-electron chi connectivity index (χ0n) is 6.19. The Morgan fingerprint density at radius 1 is 1.25 bits per heavy atom. The van der Waals surface area contributed by atoms with Gasteiger partial charge in [-0.1, -0.05) is 12.1 Å². The van der Waals surface area contributed by atoms with Gasteiger partial charge in [-0.3, -0.25) is 0 Å². The molecular formula is C9H6O2S. The largest absolute Gasteiger partial charge is 0.500 e. The zero-order valence-corrected chi connectivity index (χ0v) is 7.01. The molecular weight excluding hydrogens is 172 g/mol. The van der Waals surface area contributed by atoms with Crippen molar-refractivity contribution < 1.29 is 9.90 Å². The smallest absolute Gasteiger partial charge is 0.300 e. The highest BCUT2D eigenvalue weighted by atomic mass is 32.2. The zero-order chi connectivity index (χ0) is 8.55. The number of carboxylic acid groups (broad SMARTS) is 1. The molecule has 0 aromatic carbocycles. The molecule has 0 saturated heterocycles. The lowest BCUT2D eigenvalue weighted by molar-refractivity contribution is -0.233. The van der Waals surface area contributed by atoms with Crippen LogP contribution in [0.15, 0.2) is 35.0 Å². The molecule has 0 aromatic heterocycles. The molecule has 1 aliphatic heterocycles. The van der Waals surface area contributed by atoms with Crippen LogP contribution in [0.2, 0.25) is 0 Å². The second-order valence-electron chi connectivity index (χ2n) is 2.48. The Morgan fingerprint density at radius 3 is 2.75 bits per heavy atom. The van der Waals surface area contributed by atoms with E-state index in [1.165, 1.54) is 0 Å². The SMILES string of the molecule is O=C([O-])[s+]1ccc2cccc-2c1. The minimum absolute atomic E-state index is 0.836. The maximum atomic E-state index is 10.5. The predicted molar refractivity (Wildman–Crippen MR) is 46.3 cm³/mol. The number of hydrogen-bond acceptors (Lipinski definition) is 2. The van der Waals surface area contributed by atoms with Crippen LogP contribution < -0.4 is 5.11 Å². The minimum atomic E-state index is -1.02. The molecule has 1 heterocycles. The predicted octanol–water partition coefficient (Wildman–Crippen LogP) is 1.73. The van der Waals surface area contributed by atoms with Crippen LogP contribution >= 0.6 is 10.5 Å². The van der Waals surface area contributed by atoms with E-state index in [4.69, 9.17) is 0 Å². The van der Waals surface area contributed by atoms with Crippen LogP contribution in [-0.2, 0) is 0 Å². The lowest BCUT2D eigenvalue weighted by Gasteiger charge is -1.95. The van der Waals surface area contributed by atoms with Gasteiger partial charge in [0.1, 0.15) is 5.38 Å². The van der Waals surface area contributed by atoms with E-state index in [1.54, 1.807) is 10.8 Å². The topological polar surface area (TPSA) is 40.1 Å². The fraction of sp³-hybridized carbons (Fsp3) is 0. The van der Waals surface area contributed by atoms with E-state index >= 15 is 0 Å². The Labute approximate surface area is 72.4 Å². The summed E-state index contributed by atoms with van der Waals surface area (Å²) in [5.74, 6) is 0. The molecule has 1 atom stereocenters. The van der Waals surface area contributed by atoms with Crippen LogP contribution in [0.25, 0.3) is 11.1 Å². The molecule has 12 heavy (non-hydrogen) atoms. The second-order valence-corrected chi connectivity index (χ2v) is 4.06. The first kappa shape index (κ1) is 7.31. The summed E-state index contributed by atoms with van der Waals surface area (Å²) in [7, 11) is -0.836. The van der Waals surface area contributed by atoms with Crippen molar-refractivity contribution in [3.63, 3.8) is 0 Å². The van der Waals surface area contributed by atoms with E-state index in [2.05, 4.69) is 0 Å². The minimum Gasteiger partial charge on any atom is -0.500 e. The Kier molecular flexibility index (Phi) is 1.59. The Morgan fingerprint density at radius 2 is 2.00 bits per heavy atom. The van der Waals surface area contributed by atoms with Crippen LogP contribution in [0.3, 0.4) is 0 Å². The third-order valence-corrected chi connectivity index (χ3v) is 3.05. The number of rotatable bonds is 1. The lowest BCUT2D eigenvalue weighted by atomic mass is 10.2. The van der Waals surface area contributed by atoms with Gasteiger partial charge in [-0.2, -0.15) is 0 Å². The molecule has 0 radical (unpaired) electrons. The molecule has 0 fully saturated rings. The number of fused-ring (bicyclic) bond motifs is 1. The maximum absolute atomic E-state index is 10.5. The fourth-order valence-electron chi connectivity index (χ4n) is 1.13. The van der Waals surface area contributed by atoms with Gasteiger partial charge < -0.3 is 9.90 Å². The van der Waals surface area contributed by atoms with Crippen molar-refractivity contribution in [2.45, 2.75) is 0 Å². The molecule has 1 aliphatic carbocycles. The molecule has 0 amide bonds. The van der Waals surface area contributed by atoms with Crippen molar-refractivity contribution >= 4 is 15.8 Å². The van der Waals surface area contributed by atoms with Gasteiger partial charge in [0.2, 0.25) is 0 Å². The van der Waals surface area contributed by atoms with Crippen molar-refractivity contribution in [3.8, 4) is 11.1 Å². The first-order chi connectivity index (χ1) is 5.77. The Bertz CT molecular complexity index is 392. The van der Waals surface area contributed by atoms with E-state index in [1.807, 2.05) is 24.3 Å². The molecule has 0 saturated carbocycles. The van der Waals surface area contributed by atoms with Crippen LogP contribution in [-0.4, -0.2) is 5.30 Å². The van der Waals surface area contributed by atoms with Gasteiger partial charge >= 0.3 is 5.30 Å². The molecule has 1 unspecified atom stereocenters. The number of carbonyl (C=O) groups is 1. The Hall–Kier alpha value is -1.35. The number of hydrogen-bond donors (Lipinski definition) is 0. The lowest BCUT2D eigenvalue weighted by Crippen LogP contribution is -2.16. The molecule has 3 heteroatoms. The average molecular weight is 178 g/mol. The standard InChI is InChI=1S/C9H6O2S/c10-9(11)12-5-4-7-2-1-3-8(7)6-12/h1-6H. The summed E-state index contributed by atoms with van der Waals surface area (Å²) >= 11 is 0. The normalized spacial score (nSPS) is 11.8. The molecule has 60 valence electrons. The summed E-state index contributed by atoms with van der Waals surface area (Å²) in [6, 6.07) is 7.60. The van der Waals surface area contributed by atoms with Gasteiger partial charge in [0, 0.05) is 16.0 Å². The van der Waals surface area contributed by atoms with Crippen molar-refractivity contribution in [1.82, 2.24) is 0 Å². The maximum Gasteiger partial charge on any atom is 0.300 e. The van der Waals surface area contributed by atoms with E-state index in [-0.39, 0.29) is 0 Å². The van der Waals surface area contributed by atoms with Gasteiger partial charge in [-0.25, -0.2) is 0 Å². The van der Waals surface area contributed by atoms with Crippen molar-refractivity contribution in [1.29, 1.82) is 0 Å². The van der Waals surface area contributed by atoms with Gasteiger partial charge in [0.25, 0.3) is 0 Å². The molecule has 0 aromatic rings. The first-order valence-corrected chi connectivity index (χ1v) is 4.84. The summed E-state index contributed by atoms with van der Waals surface area (Å²) in [6.45, 7) is 0. The molecule has 2 rings (SSSR count). The van der Waals surface area contributed by atoms with Crippen LogP contribution in [0.5, 0.6) is 0 Å². The van der Waals surface area contributed by atoms with E-state index < -0.39 is 15.8 Å². The fourth-order valence-corrected chi connectivity index (χ4v) is 2.20. The summed E-state index contributed by atoms with van der Waals surface area (Å²) < 4.78 is 0. The van der Waals surface area contributed by atoms with Gasteiger partial charge in [-0.05, 0) is 17.7 Å². The Balaban J connectivity index is 2.62. The van der Waals surface area contributed by atoms with Crippen molar-refractivity contribution in [2.24, 2.45) is 0 Å². The van der Waals surface area contributed by atoms with Crippen LogP contribution in [0, 0.1) is 0 Å². The summed E-state index contributed by atoms with van der Waals surface area (Å²) in [5.41, 5.74) is 2.07. The highest BCUT2D eigenvalue weighted by Crippen LogP contribution is 2.29. The molecule has 0 N–H and O–H groups in total. The average Bonchev–Trinajstić information content (AvgIpc) is 2.49.